The molecule has 0 aromatic heterocycles. The summed E-state index contributed by atoms with van der Waals surface area (Å²) >= 11 is 19.1. The third-order valence-corrected chi connectivity index (χ3v) is 5.96. The van der Waals surface area contributed by atoms with Crippen LogP contribution in [0.4, 0.5) is 0 Å². The summed E-state index contributed by atoms with van der Waals surface area (Å²) in [7, 11) is 3.19. The van der Waals surface area contributed by atoms with Crippen molar-refractivity contribution in [3.05, 3.63) is 10.1 Å². The molecule has 3 aliphatic rings. The van der Waals surface area contributed by atoms with Crippen LogP contribution in [0.25, 0.3) is 0 Å². The van der Waals surface area contributed by atoms with Crippen molar-refractivity contribution in [2.75, 3.05) is 14.2 Å². The van der Waals surface area contributed by atoms with Crippen molar-refractivity contribution >= 4 is 34.8 Å². The fraction of sp³-hybridized carbons (Fsp3) is 0.800. The Balaban J connectivity index is 2.18. The number of halogens is 3. The van der Waals surface area contributed by atoms with Crippen molar-refractivity contribution in [1.29, 1.82) is 0 Å². The molecule has 15 heavy (non-hydrogen) atoms. The van der Waals surface area contributed by atoms with Gasteiger partial charge in [0.15, 0.2) is 0 Å². The van der Waals surface area contributed by atoms with Crippen LogP contribution in [0.3, 0.4) is 0 Å². The minimum absolute atomic E-state index is 0.00386. The Kier molecular flexibility index (Phi) is 2.03. The highest BCUT2D eigenvalue weighted by Crippen LogP contribution is 2.78. The van der Waals surface area contributed by atoms with Crippen molar-refractivity contribution in [2.24, 2.45) is 17.8 Å². The summed E-state index contributed by atoms with van der Waals surface area (Å²) in [5.41, 5.74) is 0. The third-order valence-electron chi connectivity index (χ3n) is 4.10. The van der Waals surface area contributed by atoms with E-state index < -0.39 is 10.7 Å². The number of rotatable bonds is 2. The fourth-order valence-corrected chi connectivity index (χ4v) is 4.94. The van der Waals surface area contributed by atoms with E-state index in [0.29, 0.717) is 21.9 Å². The maximum absolute atomic E-state index is 6.63. The minimum atomic E-state index is -0.865. The molecule has 0 heterocycles. The molecule has 0 aromatic rings. The summed E-state index contributed by atoms with van der Waals surface area (Å²) in [6.45, 7) is 0. The molecule has 2 bridgehead atoms. The van der Waals surface area contributed by atoms with Crippen LogP contribution < -0.4 is 0 Å². The van der Waals surface area contributed by atoms with Gasteiger partial charge in [-0.05, 0) is 18.3 Å². The van der Waals surface area contributed by atoms with Crippen molar-refractivity contribution in [1.82, 2.24) is 0 Å². The lowest BCUT2D eigenvalue weighted by atomic mass is 9.96. The topological polar surface area (TPSA) is 18.5 Å². The quantitative estimate of drug-likeness (QED) is 0.567. The van der Waals surface area contributed by atoms with Gasteiger partial charge in [-0.2, -0.15) is 0 Å². The molecule has 0 N–H and O–H groups in total. The first-order valence-electron chi connectivity index (χ1n) is 4.89. The van der Waals surface area contributed by atoms with Gasteiger partial charge in [0, 0.05) is 19.3 Å². The zero-order valence-corrected chi connectivity index (χ0v) is 10.7. The van der Waals surface area contributed by atoms with Crippen LogP contribution in [0.2, 0.25) is 0 Å². The Morgan fingerprint density at radius 1 is 1.27 bits per heavy atom. The van der Waals surface area contributed by atoms with Gasteiger partial charge in [-0.3, -0.25) is 0 Å². The van der Waals surface area contributed by atoms with E-state index in [1.807, 2.05) is 0 Å². The Morgan fingerprint density at radius 3 is 2.27 bits per heavy atom. The Labute approximate surface area is 103 Å². The highest BCUT2D eigenvalue weighted by atomic mass is 35.5. The van der Waals surface area contributed by atoms with Crippen LogP contribution in [0.15, 0.2) is 10.1 Å². The van der Waals surface area contributed by atoms with Crippen molar-refractivity contribution in [3.63, 3.8) is 0 Å². The first kappa shape index (κ1) is 10.7. The molecule has 2 saturated carbocycles. The summed E-state index contributed by atoms with van der Waals surface area (Å²) in [6, 6.07) is 0. The van der Waals surface area contributed by atoms with E-state index in [2.05, 4.69) is 0 Å². The number of methoxy groups -OCH3 is 2. The maximum atomic E-state index is 6.63. The maximum Gasteiger partial charge on any atom is 0.200 e. The van der Waals surface area contributed by atoms with Crippen molar-refractivity contribution < 1.29 is 9.47 Å². The Hall–Kier alpha value is 0.530. The van der Waals surface area contributed by atoms with Gasteiger partial charge in [0.2, 0.25) is 5.79 Å². The van der Waals surface area contributed by atoms with Crippen molar-refractivity contribution in [3.8, 4) is 0 Å². The van der Waals surface area contributed by atoms with Crippen LogP contribution in [-0.2, 0) is 9.47 Å². The van der Waals surface area contributed by atoms with E-state index in [1.165, 1.54) is 0 Å². The number of alkyl halides is 1. The standard InChI is InChI=1S/C10H11Cl3O2/c1-14-10(15-2)6-4-3-5(4)9(10,13)8(12)7(6)11/h4-6H,3H2,1-2H3/t4-,5+,6+,9+/m1/s1. The van der Waals surface area contributed by atoms with Gasteiger partial charge in [-0.15, -0.1) is 11.6 Å². The molecule has 0 spiro atoms. The molecule has 0 aromatic carbocycles. The first-order valence-corrected chi connectivity index (χ1v) is 6.02. The molecule has 2 nitrogen and oxygen atoms in total. The SMILES string of the molecule is COC1(OC)[C@@H]2C(Cl)=C(Cl)[C@@]1(Cl)[C@H]1C[C@@H]21. The van der Waals surface area contributed by atoms with E-state index in [0.717, 1.165) is 6.42 Å². The average molecular weight is 270 g/mol. The summed E-state index contributed by atoms with van der Waals surface area (Å²) in [5, 5.41) is 1.13. The lowest BCUT2D eigenvalue weighted by Crippen LogP contribution is -2.52. The van der Waals surface area contributed by atoms with Gasteiger partial charge in [-0.1, -0.05) is 23.2 Å². The zero-order valence-electron chi connectivity index (χ0n) is 8.39. The smallest absolute Gasteiger partial charge is 0.200 e. The van der Waals surface area contributed by atoms with E-state index in [9.17, 15) is 0 Å². The largest absolute Gasteiger partial charge is 0.351 e. The van der Waals surface area contributed by atoms with Gasteiger partial charge in [-0.25, -0.2) is 0 Å². The summed E-state index contributed by atoms with van der Waals surface area (Å²) in [5.74, 6) is -0.0447. The molecule has 0 amide bonds. The van der Waals surface area contributed by atoms with Crippen LogP contribution >= 0.6 is 34.8 Å². The molecule has 3 rings (SSSR count). The van der Waals surface area contributed by atoms with Crippen LogP contribution in [0.1, 0.15) is 6.42 Å². The van der Waals surface area contributed by atoms with E-state index >= 15 is 0 Å². The van der Waals surface area contributed by atoms with Gasteiger partial charge in [0.25, 0.3) is 0 Å². The molecular formula is C10H11Cl3O2. The predicted molar refractivity (Wildman–Crippen MR) is 59.2 cm³/mol. The molecular weight excluding hydrogens is 258 g/mol. The second-order valence-corrected chi connectivity index (χ2v) is 5.81. The molecule has 5 heteroatoms. The van der Waals surface area contributed by atoms with Crippen LogP contribution in [-0.4, -0.2) is 24.9 Å². The summed E-state index contributed by atoms with van der Waals surface area (Å²) in [4.78, 5) is -0.773. The average Bonchev–Trinajstić information content (AvgIpc) is 2.96. The third kappa shape index (κ3) is 0.859. The predicted octanol–water partition coefficient (Wildman–Crippen LogP) is 2.92. The van der Waals surface area contributed by atoms with Gasteiger partial charge in [0.05, 0.1) is 11.0 Å². The molecule has 0 unspecified atom stereocenters. The molecule has 4 atom stereocenters. The van der Waals surface area contributed by atoms with E-state index in [-0.39, 0.29) is 5.92 Å². The monoisotopic (exact) mass is 268 g/mol. The zero-order chi connectivity index (χ0) is 11.0. The van der Waals surface area contributed by atoms with E-state index in [1.54, 1.807) is 14.2 Å². The minimum Gasteiger partial charge on any atom is -0.351 e. The molecule has 0 aliphatic heterocycles. The van der Waals surface area contributed by atoms with Crippen molar-refractivity contribution in [2.45, 2.75) is 17.1 Å². The fourth-order valence-electron chi connectivity index (χ4n) is 3.42. The Bertz CT molecular complexity index is 364. The highest BCUT2D eigenvalue weighted by Gasteiger charge is 2.82. The molecule has 3 aliphatic carbocycles. The normalized spacial score (nSPS) is 49.8. The highest BCUT2D eigenvalue weighted by molar-refractivity contribution is 6.47. The van der Waals surface area contributed by atoms with Crippen LogP contribution in [0.5, 0.6) is 0 Å². The van der Waals surface area contributed by atoms with Gasteiger partial charge < -0.3 is 9.47 Å². The van der Waals surface area contributed by atoms with E-state index in [4.69, 9.17) is 44.3 Å². The lowest BCUT2D eigenvalue weighted by Gasteiger charge is -2.39. The summed E-state index contributed by atoms with van der Waals surface area (Å²) < 4.78 is 11.0. The number of hydrogen-bond donors (Lipinski definition) is 0. The van der Waals surface area contributed by atoms with Crippen LogP contribution in [0, 0.1) is 17.8 Å². The molecule has 2 fully saturated rings. The molecule has 0 radical (unpaired) electrons. The molecule has 0 saturated heterocycles. The first-order chi connectivity index (χ1) is 7.04. The lowest BCUT2D eigenvalue weighted by molar-refractivity contribution is -0.231. The Morgan fingerprint density at radius 2 is 1.87 bits per heavy atom. The van der Waals surface area contributed by atoms with Gasteiger partial charge in [0.1, 0.15) is 4.87 Å². The second kappa shape index (κ2) is 2.85. The number of ether oxygens (including phenoxy) is 2. The number of fused-ring (bicyclic) bond motifs is 5. The van der Waals surface area contributed by atoms with Gasteiger partial charge >= 0.3 is 0 Å². The second-order valence-electron chi connectivity index (χ2n) is 4.43. The molecule has 84 valence electrons. The number of hydrogen-bond acceptors (Lipinski definition) is 2. The summed E-state index contributed by atoms with van der Waals surface area (Å²) in [6.07, 6.45) is 1.06.